The highest BCUT2D eigenvalue weighted by atomic mass is 16.3. The third-order valence-corrected chi connectivity index (χ3v) is 8.21. The standard InChI is InChI=1S/C39H27N3O/c1-40-32(26-14-4-2-5-15-26)24-33(27-16-6-3-7-17-27)41-25-42-34-22-12-10-20-30(34)36-28-18-8-9-19-29(28)37-31-21-11-13-23-35(31)43-39(37)38(36)42/h2-24H,1,25H2/b32-24-,41-33+. The van der Waals surface area contributed by atoms with Gasteiger partial charge in [0, 0.05) is 27.1 Å². The predicted octanol–water partition coefficient (Wildman–Crippen LogP) is 10.0. The van der Waals surface area contributed by atoms with Gasteiger partial charge in [-0.05, 0) is 41.3 Å². The van der Waals surface area contributed by atoms with Crippen LogP contribution in [0.2, 0.25) is 0 Å². The average molecular weight is 554 g/mol. The van der Waals surface area contributed by atoms with E-state index in [0.717, 1.165) is 55.5 Å². The van der Waals surface area contributed by atoms with Crippen molar-refractivity contribution in [1.82, 2.24) is 4.57 Å². The number of hydrogen-bond donors (Lipinski definition) is 0. The van der Waals surface area contributed by atoms with Gasteiger partial charge in [0.05, 0.1) is 22.4 Å². The monoisotopic (exact) mass is 553 g/mol. The fraction of sp³-hybridized carbons (Fsp3) is 0.0256. The van der Waals surface area contributed by atoms with Crippen molar-refractivity contribution in [3.05, 3.63) is 151 Å². The van der Waals surface area contributed by atoms with Crippen molar-refractivity contribution in [3.63, 3.8) is 0 Å². The molecule has 0 aliphatic heterocycles. The van der Waals surface area contributed by atoms with Crippen LogP contribution >= 0.6 is 0 Å². The number of fused-ring (bicyclic) bond motifs is 10. The first-order valence-corrected chi connectivity index (χ1v) is 14.4. The van der Waals surface area contributed by atoms with Crippen LogP contribution in [0.1, 0.15) is 11.1 Å². The first kappa shape index (κ1) is 25.0. The van der Waals surface area contributed by atoms with Gasteiger partial charge in [-0.2, -0.15) is 0 Å². The van der Waals surface area contributed by atoms with Crippen LogP contribution < -0.4 is 0 Å². The van der Waals surface area contributed by atoms with E-state index in [9.17, 15) is 0 Å². The molecule has 8 rings (SSSR count). The van der Waals surface area contributed by atoms with Crippen LogP contribution in [-0.2, 0) is 6.67 Å². The van der Waals surface area contributed by atoms with E-state index in [1.54, 1.807) is 0 Å². The summed E-state index contributed by atoms with van der Waals surface area (Å²) in [5.41, 5.74) is 7.55. The summed E-state index contributed by atoms with van der Waals surface area (Å²) in [6, 6.07) is 45.9. The van der Waals surface area contributed by atoms with Gasteiger partial charge in [-0.15, -0.1) is 0 Å². The van der Waals surface area contributed by atoms with Gasteiger partial charge in [0.25, 0.3) is 0 Å². The smallest absolute Gasteiger partial charge is 0.160 e. The van der Waals surface area contributed by atoms with Crippen molar-refractivity contribution < 1.29 is 4.42 Å². The predicted molar refractivity (Wildman–Crippen MR) is 181 cm³/mol. The van der Waals surface area contributed by atoms with Crippen LogP contribution in [0.3, 0.4) is 0 Å². The fourth-order valence-corrected chi connectivity index (χ4v) is 6.29. The maximum absolute atomic E-state index is 6.67. The van der Waals surface area contributed by atoms with E-state index < -0.39 is 0 Å². The summed E-state index contributed by atoms with van der Waals surface area (Å²) in [6.07, 6.45) is 2.03. The molecule has 0 fully saturated rings. The first-order valence-electron chi connectivity index (χ1n) is 14.4. The van der Waals surface area contributed by atoms with Crippen molar-refractivity contribution in [2.45, 2.75) is 6.67 Å². The van der Waals surface area contributed by atoms with E-state index >= 15 is 0 Å². The van der Waals surface area contributed by atoms with E-state index in [4.69, 9.17) is 9.41 Å². The molecule has 0 N–H and O–H groups in total. The highest BCUT2D eigenvalue weighted by molar-refractivity contribution is 6.34. The van der Waals surface area contributed by atoms with Gasteiger partial charge in [-0.3, -0.25) is 9.98 Å². The summed E-state index contributed by atoms with van der Waals surface area (Å²) in [7, 11) is 0. The van der Waals surface area contributed by atoms with Crippen LogP contribution in [-0.4, -0.2) is 17.0 Å². The summed E-state index contributed by atoms with van der Waals surface area (Å²) in [6.45, 7) is 4.27. The molecule has 0 unspecified atom stereocenters. The molecule has 0 spiro atoms. The molecule has 8 aromatic rings. The number of hydrogen-bond acceptors (Lipinski definition) is 3. The second-order valence-corrected chi connectivity index (χ2v) is 10.6. The summed E-state index contributed by atoms with van der Waals surface area (Å²) in [4.78, 5) is 9.64. The Labute approximate surface area is 248 Å². The molecule has 0 radical (unpaired) electrons. The number of benzene rings is 6. The van der Waals surface area contributed by atoms with Crippen molar-refractivity contribution in [3.8, 4) is 0 Å². The second-order valence-electron chi connectivity index (χ2n) is 10.6. The highest BCUT2D eigenvalue weighted by Gasteiger charge is 2.21. The third-order valence-electron chi connectivity index (χ3n) is 8.21. The normalized spacial score (nSPS) is 12.7. The minimum atomic E-state index is 0.397. The second kappa shape index (κ2) is 10.3. The molecule has 6 aromatic carbocycles. The molecule has 0 aliphatic carbocycles. The minimum Gasteiger partial charge on any atom is -0.454 e. The maximum atomic E-state index is 6.67. The number of para-hydroxylation sites is 2. The van der Waals surface area contributed by atoms with E-state index in [2.05, 4.69) is 89.1 Å². The van der Waals surface area contributed by atoms with Crippen LogP contribution in [0.15, 0.2) is 154 Å². The molecule has 0 saturated heterocycles. The molecule has 2 aromatic heterocycles. The van der Waals surface area contributed by atoms with Gasteiger partial charge in [-0.25, -0.2) is 0 Å². The largest absolute Gasteiger partial charge is 0.454 e. The van der Waals surface area contributed by atoms with Crippen molar-refractivity contribution in [1.29, 1.82) is 0 Å². The Morgan fingerprint density at radius 1 is 0.628 bits per heavy atom. The molecular formula is C39H27N3O. The lowest BCUT2D eigenvalue weighted by atomic mass is 9.99. The van der Waals surface area contributed by atoms with Crippen LogP contribution in [0.5, 0.6) is 0 Å². The summed E-state index contributed by atoms with van der Waals surface area (Å²) >= 11 is 0. The van der Waals surface area contributed by atoms with Crippen LogP contribution in [0.25, 0.3) is 60.2 Å². The number of allylic oxidation sites excluding steroid dienone is 1. The van der Waals surface area contributed by atoms with E-state index in [-0.39, 0.29) is 0 Å². The quantitative estimate of drug-likeness (QED) is 0.189. The number of aromatic nitrogens is 1. The Hall–Kier alpha value is -5.74. The molecule has 4 nitrogen and oxygen atoms in total. The number of nitrogens with zero attached hydrogens (tertiary/aromatic N) is 3. The molecule has 0 aliphatic rings. The highest BCUT2D eigenvalue weighted by Crippen LogP contribution is 2.44. The molecule has 43 heavy (non-hydrogen) atoms. The zero-order valence-corrected chi connectivity index (χ0v) is 23.4. The molecule has 0 bridgehead atoms. The average Bonchev–Trinajstić information content (AvgIpc) is 3.62. The zero-order valence-electron chi connectivity index (χ0n) is 23.4. The van der Waals surface area contributed by atoms with E-state index in [1.165, 1.54) is 21.5 Å². The lowest BCUT2D eigenvalue weighted by Gasteiger charge is -2.09. The third kappa shape index (κ3) is 4.07. The molecule has 0 saturated carbocycles. The SMILES string of the molecule is C=N/C(=C\C(=N/Cn1c2ccccc2c2c3ccccc3c3c4ccccc4oc3c21)c1ccccc1)c1ccccc1. The zero-order chi connectivity index (χ0) is 28.8. The van der Waals surface area contributed by atoms with Gasteiger partial charge in [0.15, 0.2) is 5.58 Å². The Morgan fingerprint density at radius 2 is 1.21 bits per heavy atom. The molecular weight excluding hydrogens is 526 g/mol. The fourth-order valence-electron chi connectivity index (χ4n) is 6.29. The lowest BCUT2D eigenvalue weighted by Crippen LogP contribution is -2.03. The van der Waals surface area contributed by atoms with Gasteiger partial charge in [0.2, 0.25) is 0 Å². The Balaban J connectivity index is 1.43. The van der Waals surface area contributed by atoms with Crippen molar-refractivity contribution in [2.24, 2.45) is 9.98 Å². The van der Waals surface area contributed by atoms with Crippen LogP contribution in [0, 0.1) is 0 Å². The molecule has 4 heteroatoms. The molecule has 0 atom stereocenters. The number of aliphatic imine (C=N–C) groups is 2. The Bertz CT molecular complexity index is 2370. The summed E-state index contributed by atoms with van der Waals surface area (Å²) in [5, 5.41) is 7.02. The Morgan fingerprint density at radius 3 is 1.93 bits per heavy atom. The Kier molecular flexibility index (Phi) is 5.97. The van der Waals surface area contributed by atoms with Gasteiger partial charge in [-0.1, -0.05) is 121 Å². The molecule has 0 amide bonds. The van der Waals surface area contributed by atoms with Gasteiger partial charge < -0.3 is 8.98 Å². The molecule has 2 heterocycles. The van der Waals surface area contributed by atoms with Crippen LogP contribution in [0.4, 0.5) is 0 Å². The van der Waals surface area contributed by atoms with Gasteiger partial charge >= 0.3 is 0 Å². The lowest BCUT2D eigenvalue weighted by molar-refractivity contribution is 0.667. The topological polar surface area (TPSA) is 42.8 Å². The number of rotatable bonds is 6. The van der Waals surface area contributed by atoms with Crippen molar-refractivity contribution >= 4 is 72.6 Å². The maximum Gasteiger partial charge on any atom is 0.160 e. The van der Waals surface area contributed by atoms with E-state index in [0.29, 0.717) is 6.67 Å². The first-order chi connectivity index (χ1) is 21.3. The summed E-state index contributed by atoms with van der Waals surface area (Å²) in [5.74, 6) is 0. The summed E-state index contributed by atoms with van der Waals surface area (Å²) < 4.78 is 8.96. The van der Waals surface area contributed by atoms with Crippen molar-refractivity contribution in [2.75, 3.05) is 0 Å². The minimum absolute atomic E-state index is 0.397. The molecule has 204 valence electrons. The van der Waals surface area contributed by atoms with Gasteiger partial charge in [0.1, 0.15) is 12.3 Å². The number of furan rings is 1. The van der Waals surface area contributed by atoms with E-state index in [1.807, 2.05) is 66.7 Å².